The molecule has 0 fully saturated rings. The SMILES string of the molecule is C#Cc1cc(SF)cc(C(Nc2ccccn2)c2ccc3cccnc3c2O)c1. The highest BCUT2D eigenvalue weighted by atomic mass is 32.2. The van der Waals surface area contributed by atoms with E-state index in [9.17, 15) is 8.99 Å². The Kier molecular flexibility index (Phi) is 5.32. The molecule has 0 aliphatic carbocycles. The molecule has 2 heterocycles. The van der Waals surface area contributed by atoms with Crippen molar-refractivity contribution in [1.82, 2.24) is 9.97 Å². The maximum absolute atomic E-state index is 13.4. The molecule has 4 nitrogen and oxygen atoms in total. The molecule has 4 aromatic rings. The standard InChI is InChI=1S/C23H16FN3OS/c1-2-15-12-17(14-18(13-15)29-24)21(27-20-7-3-4-10-25-20)19-9-8-16-6-5-11-26-22(16)23(19)28/h1,3-14,21,28H,(H,25,27). The lowest BCUT2D eigenvalue weighted by molar-refractivity contribution is 0.471. The molecular weight excluding hydrogens is 385 g/mol. The summed E-state index contributed by atoms with van der Waals surface area (Å²) in [4.78, 5) is 9.01. The number of aromatic nitrogens is 2. The van der Waals surface area contributed by atoms with Gasteiger partial charge in [-0.25, -0.2) is 4.98 Å². The van der Waals surface area contributed by atoms with Crippen LogP contribution in [0.2, 0.25) is 0 Å². The largest absolute Gasteiger partial charge is 0.505 e. The predicted octanol–water partition coefficient (Wildman–Crippen LogP) is 5.49. The zero-order valence-electron chi connectivity index (χ0n) is 15.2. The van der Waals surface area contributed by atoms with E-state index in [2.05, 4.69) is 21.2 Å². The van der Waals surface area contributed by atoms with Gasteiger partial charge < -0.3 is 10.4 Å². The van der Waals surface area contributed by atoms with Gasteiger partial charge in [-0.15, -0.1) is 6.42 Å². The van der Waals surface area contributed by atoms with E-state index in [-0.39, 0.29) is 17.9 Å². The summed E-state index contributed by atoms with van der Waals surface area (Å²) in [5.74, 6) is 3.22. The van der Waals surface area contributed by atoms with E-state index in [1.54, 1.807) is 30.6 Å². The lowest BCUT2D eigenvalue weighted by atomic mass is 9.95. The quantitative estimate of drug-likeness (QED) is 0.433. The zero-order valence-corrected chi connectivity index (χ0v) is 16.0. The fourth-order valence-electron chi connectivity index (χ4n) is 3.23. The minimum Gasteiger partial charge on any atom is -0.505 e. The molecule has 4 rings (SSSR count). The van der Waals surface area contributed by atoms with E-state index in [0.717, 1.165) is 5.39 Å². The van der Waals surface area contributed by atoms with Gasteiger partial charge in [0.15, 0.2) is 0 Å². The van der Waals surface area contributed by atoms with Gasteiger partial charge in [-0.2, -0.15) is 3.89 Å². The fraction of sp³-hybridized carbons (Fsp3) is 0.0435. The van der Waals surface area contributed by atoms with E-state index < -0.39 is 6.04 Å². The second kappa shape index (κ2) is 8.21. The number of nitrogens with zero attached hydrogens (tertiary/aromatic N) is 2. The van der Waals surface area contributed by atoms with Crippen molar-refractivity contribution in [2.24, 2.45) is 0 Å². The van der Waals surface area contributed by atoms with Crippen LogP contribution in [-0.4, -0.2) is 15.1 Å². The summed E-state index contributed by atoms with van der Waals surface area (Å²) in [6.45, 7) is 0. The second-order valence-corrected chi connectivity index (χ2v) is 7.01. The third kappa shape index (κ3) is 3.86. The number of fused-ring (bicyclic) bond motifs is 1. The van der Waals surface area contributed by atoms with E-state index in [1.165, 1.54) is 0 Å². The van der Waals surface area contributed by atoms with Crippen molar-refractivity contribution in [3.05, 3.63) is 89.7 Å². The average molecular weight is 401 g/mol. The number of aromatic hydroxyl groups is 1. The van der Waals surface area contributed by atoms with Crippen molar-refractivity contribution in [3.63, 3.8) is 0 Å². The Morgan fingerprint density at radius 2 is 1.90 bits per heavy atom. The maximum atomic E-state index is 13.4. The van der Waals surface area contributed by atoms with Gasteiger partial charge >= 0.3 is 0 Å². The van der Waals surface area contributed by atoms with Crippen molar-refractivity contribution in [1.29, 1.82) is 0 Å². The normalized spacial score (nSPS) is 11.7. The van der Waals surface area contributed by atoms with Gasteiger partial charge in [0, 0.05) is 33.8 Å². The molecule has 6 heteroatoms. The summed E-state index contributed by atoms with van der Waals surface area (Å²) in [5, 5.41) is 15.1. The van der Waals surface area contributed by atoms with Crippen LogP contribution in [0.4, 0.5) is 9.70 Å². The molecule has 0 saturated carbocycles. The first-order valence-electron chi connectivity index (χ1n) is 8.84. The summed E-state index contributed by atoms with van der Waals surface area (Å²) < 4.78 is 13.4. The average Bonchev–Trinajstić information content (AvgIpc) is 2.78. The molecule has 0 saturated heterocycles. The first kappa shape index (κ1) is 18.8. The van der Waals surface area contributed by atoms with Gasteiger partial charge in [0.1, 0.15) is 17.1 Å². The molecule has 0 amide bonds. The van der Waals surface area contributed by atoms with E-state index >= 15 is 0 Å². The Bertz CT molecular complexity index is 1210. The van der Waals surface area contributed by atoms with Crippen LogP contribution in [0.15, 0.2) is 78.0 Å². The number of nitrogens with one attached hydrogen (secondary N) is 1. The molecule has 0 aliphatic rings. The van der Waals surface area contributed by atoms with Crippen molar-refractivity contribution in [2.75, 3.05) is 5.32 Å². The topological polar surface area (TPSA) is 58.0 Å². The summed E-state index contributed by atoms with van der Waals surface area (Å²) in [5.41, 5.74) is 2.34. The van der Waals surface area contributed by atoms with Crippen LogP contribution in [0.25, 0.3) is 10.9 Å². The van der Waals surface area contributed by atoms with Gasteiger partial charge in [-0.1, -0.05) is 30.2 Å². The number of anilines is 1. The monoisotopic (exact) mass is 401 g/mol. The summed E-state index contributed by atoms with van der Waals surface area (Å²) in [6, 6.07) is 17.5. The Balaban J connectivity index is 1.90. The highest BCUT2D eigenvalue weighted by Crippen LogP contribution is 2.37. The van der Waals surface area contributed by atoms with Crippen molar-refractivity contribution >= 4 is 28.9 Å². The number of phenolic OH excluding ortho intramolecular Hbond substituents is 1. The molecule has 2 aromatic carbocycles. The van der Waals surface area contributed by atoms with Crippen molar-refractivity contribution < 1.29 is 8.99 Å². The van der Waals surface area contributed by atoms with Gasteiger partial charge in [0.25, 0.3) is 0 Å². The number of rotatable bonds is 5. The third-order valence-electron chi connectivity index (χ3n) is 4.57. The van der Waals surface area contributed by atoms with Crippen LogP contribution in [0.3, 0.4) is 0 Å². The number of pyridine rings is 2. The highest BCUT2D eigenvalue weighted by molar-refractivity contribution is 7.94. The molecule has 0 bridgehead atoms. The van der Waals surface area contributed by atoms with Gasteiger partial charge in [-0.3, -0.25) is 4.98 Å². The number of hydrogen-bond donors (Lipinski definition) is 2. The Morgan fingerprint density at radius 1 is 1.03 bits per heavy atom. The van der Waals surface area contributed by atoms with Crippen LogP contribution in [-0.2, 0) is 0 Å². The van der Waals surface area contributed by atoms with E-state index in [4.69, 9.17) is 6.42 Å². The van der Waals surface area contributed by atoms with Crippen LogP contribution in [0, 0.1) is 12.3 Å². The minimum absolute atomic E-state index is 0.0529. The van der Waals surface area contributed by atoms with Crippen LogP contribution in [0.5, 0.6) is 5.75 Å². The smallest absolute Gasteiger partial charge is 0.147 e. The van der Waals surface area contributed by atoms with Gasteiger partial charge in [0.2, 0.25) is 0 Å². The number of halogens is 1. The number of benzene rings is 2. The molecule has 0 aliphatic heterocycles. The molecule has 1 atom stereocenters. The maximum Gasteiger partial charge on any atom is 0.147 e. The van der Waals surface area contributed by atoms with Gasteiger partial charge in [0.05, 0.1) is 18.2 Å². The minimum atomic E-state index is -0.518. The highest BCUT2D eigenvalue weighted by Gasteiger charge is 2.21. The molecule has 2 N–H and O–H groups in total. The number of phenols is 1. The van der Waals surface area contributed by atoms with E-state index in [0.29, 0.717) is 32.9 Å². The fourth-order valence-corrected chi connectivity index (χ4v) is 3.58. The Hall–Kier alpha value is -3.56. The molecule has 1 unspecified atom stereocenters. The second-order valence-electron chi connectivity index (χ2n) is 6.38. The van der Waals surface area contributed by atoms with Crippen molar-refractivity contribution in [3.8, 4) is 18.1 Å². The molecule has 0 spiro atoms. The van der Waals surface area contributed by atoms with Crippen LogP contribution in [0.1, 0.15) is 22.7 Å². The van der Waals surface area contributed by atoms with Crippen LogP contribution < -0.4 is 5.32 Å². The lowest BCUT2D eigenvalue weighted by Gasteiger charge is -2.22. The lowest BCUT2D eigenvalue weighted by Crippen LogP contribution is -2.14. The first-order valence-corrected chi connectivity index (χ1v) is 9.55. The van der Waals surface area contributed by atoms with E-state index in [1.807, 2.05) is 42.5 Å². The summed E-state index contributed by atoms with van der Waals surface area (Å²) in [7, 11) is 0. The third-order valence-corrected chi connectivity index (χ3v) is 4.98. The Labute approximate surface area is 172 Å². The number of terminal acetylenes is 1. The summed E-state index contributed by atoms with van der Waals surface area (Å²) in [6.07, 6.45) is 8.86. The molecular formula is C23H16FN3OS. The Morgan fingerprint density at radius 3 is 2.66 bits per heavy atom. The molecule has 0 radical (unpaired) electrons. The molecule has 142 valence electrons. The predicted molar refractivity (Wildman–Crippen MR) is 114 cm³/mol. The molecule has 2 aromatic heterocycles. The molecule has 29 heavy (non-hydrogen) atoms. The van der Waals surface area contributed by atoms with Crippen molar-refractivity contribution in [2.45, 2.75) is 10.9 Å². The zero-order chi connectivity index (χ0) is 20.2. The first-order chi connectivity index (χ1) is 14.2. The summed E-state index contributed by atoms with van der Waals surface area (Å²) >= 11 is 0.124. The number of hydrogen-bond acceptors (Lipinski definition) is 5. The van der Waals surface area contributed by atoms with Gasteiger partial charge in [-0.05, 0) is 42.0 Å². The van der Waals surface area contributed by atoms with Crippen LogP contribution >= 0.6 is 12.1 Å².